The fraction of sp³-hybridized carbons (Fsp3) is 0.588. The zero-order valence-corrected chi connectivity index (χ0v) is 17.2. The monoisotopic (exact) mass is 438 g/mol. The van der Waals surface area contributed by atoms with Gasteiger partial charge in [-0.05, 0) is 37.8 Å². The van der Waals surface area contributed by atoms with Crippen LogP contribution in [0.5, 0.6) is 0 Å². The standard InChI is InChI=1S/C17H23ClN4O3.2ClH/c18-13-3-4-14(20-10-13)21-15(23)12-2-1-7-22(11-12)16(24)17(19)5-8-25-9-6-17;;/h3-4,10,12H,1-2,5-9,11,19H2,(H,20,21,23);2*1H. The summed E-state index contributed by atoms with van der Waals surface area (Å²) < 4.78 is 5.31. The third kappa shape index (κ3) is 5.93. The Bertz CT molecular complexity index is 639. The van der Waals surface area contributed by atoms with Gasteiger partial charge in [0.1, 0.15) is 5.82 Å². The molecule has 1 aromatic heterocycles. The van der Waals surface area contributed by atoms with Crippen molar-refractivity contribution in [3.8, 4) is 0 Å². The van der Waals surface area contributed by atoms with Gasteiger partial charge in [-0.15, -0.1) is 24.8 Å². The van der Waals surface area contributed by atoms with Crippen molar-refractivity contribution in [1.82, 2.24) is 9.88 Å². The first-order valence-electron chi connectivity index (χ1n) is 8.56. The molecular weight excluding hydrogens is 415 g/mol. The Labute approximate surface area is 176 Å². The van der Waals surface area contributed by atoms with Crippen LogP contribution in [-0.4, -0.2) is 53.5 Å². The number of piperidine rings is 1. The van der Waals surface area contributed by atoms with E-state index in [9.17, 15) is 9.59 Å². The minimum atomic E-state index is -0.867. The summed E-state index contributed by atoms with van der Waals surface area (Å²) in [6.45, 7) is 2.03. The Morgan fingerprint density at radius 3 is 2.63 bits per heavy atom. The van der Waals surface area contributed by atoms with Gasteiger partial charge in [-0.3, -0.25) is 9.59 Å². The van der Waals surface area contributed by atoms with Crippen molar-refractivity contribution in [3.63, 3.8) is 0 Å². The summed E-state index contributed by atoms with van der Waals surface area (Å²) in [6.07, 6.45) is 4.05. The maximum atomic E-state index is 12.8. The molecule has 2 fully saturated rings. The summed E-state index contributed by atoms with van der Waals surface area (Å²) >= 11 is 5.80. The van der Waals surface area contributed by atoms with Crippen LogP contribution in [0.25, 0.3) is 0 Å². The Morgan fingerprint density at radius 1 is 1.30 bits per heavy atom. The van der Waals surface area contributed by atoms with Crippen molar-refractivity contribution in [2.75, 3.05) is 31.6 Å². The average molecular weight is 440 g/mol. The number of anilines is 1. The smallest absolute Gasteiger partial charge is 0.242 e. The van der Waals surface area contributed by atoms with E-state index in [4.69, 9.17) is 22.1 Å². The van der Waals surface area contributed by atoms with Crippen LogP contribution in [0.15, 0.2) is 18.3 Å². The molecule has 1 unspecified atom stereocenters. The van der Waals surface area contributed by atoms with Crippen LogP contribution in [0.2, 0.25) is 5.02 Å². The molecule has 0 aromatic carbocycles. The zero-order chi connectivity index (χ0) is 17.9. The van der Waals surface area contributed by atoms with Crippen LogP contribution >= 0.6 is 36.4 Å². The van der Waals surface area contributed by atoms with Gasteiger partial charge < -0.3 is 20.7 Å². The highest BCUT2D eigenvalue weighted by Crippen LogP contribution is 2.25. The highest BCUT2D eigenvalue weighted by atomic mass is 35.5. The van der Waals surface area contributed by atoms with Crippen molar-refractivity contribution >= 4 is 54.0 Å². The maximum absolute atomic E-state index is 12.8. The van der Waals surface area contributed by atoms with Gasteiger partial charge in [-0.25, -0.2) is 4.98 Å². The van der Waals surface area contributed by atoms with Crippen LogP contribution < -0.4 is 11.1 Å². The predicted octanol–water partition coefficient (Wildman–Crippen LogP) is 2.26. The van der Waals surface area contributed by atoms with Gasteiger partial charge in [-0.2, -0.15) is 0 Å². The molecule has 3 heterocycles. The first kappa shape index (κ1) is 23.9. The molecule has 0 aliphatic carbocycles. The summed E-state index contributed by atoms with van der Waals surface area (Å²) in [5.41, 5.74) is 5.43. The molecule has 3 N–H and O–H groups in total. The number of carbonyl (C=O) groups excluding carboxylic acids is 2. The maximum Gasteiger partial charge on any atom is 0.242 e. The van der Waals surface area contributed by atoms with Gasteiger partial charge in [0.15, 0.2) is 0 Å². The molecule has 2 saturated heterocycles. The van der Waals surface area contributed by atoms with Gasteiger partial charge in [0, 0.05) is 32.5 Å². The third-order valence-corrected chi connectivity index (χ3v) is 5.09. The first-order chi connectivity index (χ1) is 12.0. The fourth-order valence-corrected chi connectivity index (χ4v) is 3.43. The summed E-state index contributed by atoms with van der Waals surface area (Å²) in [7, 11) is 0. The third-order valence-electron chi connectivity index (χ3n) is 4.87. The second kappa shape index (κ2) is 10.4. The Balaban J connectivity index is 0.00000182. The van der Waals surface area contributed by atoms with Gasteiger partial charge in [0.2, 0.25) is 11.8 Å². The van der Waals surface area contributed by atoms with Crippen LogP contribution in [-0.2, 0) is 14.3 Å². The molecule has 0 bridgehead atoms. The van der Waals surface area contributed by atoms with Crippen molar-refractivity contribution in [1.29, 1.82) is 0 Å². The number of pyridine rings is 1. The molecule has 1 aromatic rings. The number of nitrogens with one attached hydrogen (secondary N) is 1. The lowest BCUT2D eigenvalue weighted by molar-refractivity contribution is -0.143. The number of hydrogen-bond acceptors (Lipinski definition) is 5. The molecule has 152 valence electrons. The van der Waals surface area contributed by atoms with Crippen LogP contribution in [0.1, 0.15) is 25.7 Å². The Kier molecular flexibility index (Phi) is 9.24. The first-order valence-corrected chi connectivity index (χ1v) is 8.94. The minimum Gasteiger partial charge on any atom is -0.381 e. The van der Waals surface area contributed by atoms with E-state index in [-0.39, 0.29) is 42.5 Å². The lowest BCUT2D eigenvalue weighted by atomic mass is 9.87. The van der Waals surface area contributed by atoms with E-state index in [2.05, 4.69) is 10.3 Å². The molecule has 7 nitrogen and oxygen atoms in total. The Hall–Kier alpha value is -1.12. The lowest BCUT2D eigenvalue weighted by Gasteiger charge is -2.40. The topological polar surface area (TPSA) is 97.6 Å². The van der Waals surface area contributed by atoms with Crippen molar-refractivity contribution < 1.29 is 14.3 Å². The van der Waals surface area contributed by atoms with Crippen molar-refractivity contribution in [2.24, 2.45) is 11.7 Å². The van der Waals surface area contributed by atoms with Crippen LogP contribution in [0.3, 0.4) is 0 Å². The van der Waals surface area contributed by atoms with E-state index < -0.39 is 5.54 Å². The molecular formula is C17H25Cl3N4O3. The van der Waals surface area contributed by atoms with E-state index in [1.807, 2.05) is 0 Å². The molecule has 0 spiro atoms. The Morgan fingerprint density at radius 2 is 2.00 bits per heavy atom. The molecule has 27 heavy (non-hydrogen) atoms. The number of rotatable bonds is 3. The second-order valence-corrected chi connectivity index (χ2v) is 7.15. The van der Waals surface area contributed by atoms with Gasteiger partial charge in [0.25, 0.3) is 0 Å². The number of carbonyl (C=O) groups is 2. The van der Waals surface area contributed by atoms with Gasteiger partial charge in [-0.1, -0.05) is 11.6 Å². The summed E-state index contributed by atoms with van der Waals surface area (Å²) in [6, 6.07) is 3.33. The van der Waals surface area contributed by atoms with E-state index in [0.29, 0.717) is 50.0 Å². The number of aromatic nitrogens is 1. The minimum absolute atomic E-state index is 0. The largest absolute Gasteiger partial charge is 0.381 e. The highest BCUT2D eigenvalue weighted by Gasteiger charge is 2.41. The normalized spacial score (nSPS) is 21.4. The summed E-state index contributed by atoms with van der Waals surface area (Å²) in [5.74, 6) is -0.0144. The molecule has 2 aliphatic heterocycles. The number of halogens is 3. The molecule has 3 rings (SSSR count). The summed E-state index contributed by atoms with van der Waals surface area (Å²) in [4.78, 5) is 31.1. The molecule has 0 radical (unpaired) electrons. The van der Waals surface area contributed by atoms with Crippen molar-refractivity contribution in [3.05, 3.63) is 23.4 Å². The van der Waals surface area contributed by atoms with E-state index in [0.717, 1.165) is 12.8 Å². The quantitative estimate of drug-likeness (QED) is 0.753. The number of nitrogens with two attached hydrogens (primary N) is 1. The fourth-order valence-electron chi connectivity index (χ4n) is 3.32. The van der Waals surface area contributed by atoms with Gasteiger partial charge >= 0.3 is 0 Å². The number of likely N-dealkylation sites (tertiary alicyclic amines) is 1. The second-order valence-electron chi connectivity index (χ2n) is 6.71. The number of ether oxygens (including phenoxy) is 1. The summed E-state index contributed by atoms with van der Waals surface area (Å²) in [5, 5.41) is 3.30. The van der Waals surface area contributed by atoms with E-state index >= 15 is 0 Å². The average Bonchev–Trinajstić information content (AvgIpc) is 2.63. The highest BCUT2D eigenvalue weighted by molar-refractivity contribution is 6.30. The molecule has 1 atom stereocenters. The van der Waals surface area contributed by atoms with Gasteiger partial charge in [0.05, 0.1) is 16.5 Å². The number of nitrogens with zero attached hydrogens (tertiary/aromatic N) is 2. The molecule has 2 aliphatic rings. The molecule has 10 heteroatoms. The number of hydrogen-bond donors (Lipinski definition) is 2. The van der Waals surface area contributed by atoms with E-state index in [1.165, 1.54) is 6.20 Å². The number of amides is 2. The zero-order valence-electron chi connectivity index (χ0n) is 14.9. The molecule has 2 amide bonds. The predicted molar refractivity (Wildman–Crippen MR) is 109 cm³/mol. The van der Waals surface area contributed by atoms with Crippen molar-refractivity contribution in [2.45, 2.75) is 31.2 Å². The molecule has 0 saturated carbocycles. The SMILES string of the molecule is Cl.Cl.NC1(C(=O)N2CCCC(C(=O)Nc3ccc(Cl)cn3)C2)CCOCC1. The van der Waals surface area contributed by atoms with Crippen LogP contribution in [0.4, 0.5) is 5.82 Å². The lowest BCUT2D eigenvalue weighted by Crippen LogP contribution is -2.60. The van der Waals surface area contributed by atoms with E-state index in [1.54, 1.807) is 17.0 Å². The van der Waals surface area contributed by atoms with Crippen LogP contribution in [0, 0.1) is 5.92 Å².